The Hall–Kier alpha value is -2.47. The van der Waals surface area contributed by atoms with Gasteiger partial charge in [-0.2, -0.15) is 0 Å². The lowest BCUT2D eigenvalue weighted by molar-refractivity contribution is 0.0944. The van der Waals surface area contributed by atoms with Crippen molar-refractivity contribution in [2.24, 2.45) is 5.92 Å². The predicted octanol–water partition coefficient (Wildman–Crippen LogP) is 2.28. The minimum atomic E-state index is -0.145. The number of carbonyl (C=O) groups excluding carboxylic acids is 1. The van der Waals surface area contributed by atoms with Crippen molar-refractivity contribution in [2.45, 2.75) is 13.8 Å². The first-order valence-corrected chi connectivity index (χ1v) is 9.19. The molecule has 0 bridgehead atoms. The van der Waals surface area contributed by atoms with Crippen LogP contribution in [0.5, 0.6) is 0 Å². The van der Waals surface area contributed by atoms with E-state index < -0.39 is 0 Å². The van der Waals surface area contributed by atoms with Crippen molar-refractivity contribution in [1.29, 1.82) is 0 Å². The molecular formula is C20H27N5O. The summed E-state index contributed by atoms with van der Waals surface area (Å²) in [5.41, 5.74) is 1.34. The van der Waals surface area contributed by atoms with E-state index in [1.54, 1.807) is 0 Å². The Morgan fingerprint density at radius 1 is 1.12 bits per heavy atom. The van der Waals surface area contributed by atoms with Crippen LogP contribution in [0.2, 0.25) is 0 Å². The molecule has 1 saturated heterocycles. The molecular weight excluding hydrogens is 326 g/mol. The third-order valence-corrected chi connectivity index (χ3v) is 4.48. The van der Waals surface area contributed by atoms with E-state index >= 15 is 0 Å². The molecule has 26 heavy (non-hydrogen) atoms. The standard InChI is InChI=1S/C20H27N5O/c1-15(2)14-21-20(26)17-13-18(25-11-9-24(3)10-12-25)23-19(22-17)16-7-5-4-6-8-16/h4-8,13,15H,9-12,14H2,1-3H3,(H,21,26). The lowest BCUT2D eigenvalue weighted by atomic mass is 10.2. The Morgan fingerprint density at radius 2 is 1.81 bits per heavy atom. The van der Waals surface area contributed by atoms with Crippen molar-refractivity contribution < 1.29 is 4.79 Å². The molecule has 6 nitrogen and oxygen atoms in total. The number of hydrogen-bond acceptors (Lipinski definition) is 5. The molecule has 1 N–H and O–H groups in total. The van der Waals surface area contributed by atoms with E-state index in [9.17, 15) is 4.79 Å². The molecule has 1 fully saturated rings. The second kappa shape index (κ2) is 8.27. The summed E-state index contributed by atoms with van der Waals surface area (Å²) < 4.78 is 0. The summed E-state index contributed by atoms with van der Waals surface area (Å²) in [6, 6.07) is 11.6. The summed E-state index contributed by atoms with van der Waals surface area (Å²) in [6.07, 6.45) is 0. The van der Waals surface area contributed by atoms with E-state index in [-0.39, 0.29) is 5.91 Å². The van der Waals surface area contributed by atoms with E-state index in [0.717, 1.165) is 37.6 Å². The topological polar surface area (TPSA) is 61.4 Å². The SMILES string of the molecule is CC(C)CNC(=O)c1cc(N2CCN(C)CC2)nc(-c2ccccc2)n1. The Labute approximate surface area is 155 Å². The summed E-state index contributed by atoms with van der Waals surface area (Å²) in [6.45, 7) is 8.55. The van der Waals surface area contributed by atoms with Crippen LogP contribution < -0.4 is 10.2 Å². The molecule has 1 aromatic heterocycles. The zero-order chi connectivity index (χ0) is 18.5. The molecule has 138 valence electrons. The number of carbonyl (C=O) groups is 1. The molecule has 0 aliphatic carbocycles. The number of piperazine rings is 1. The van der Waals surface area contributed by atoms with Gasteiger partial charge in [0, 0.05) is 44.4 Å². The summed E-state index contributed by atoms with van der Waals surface area (Å²) in [5.74, 6) is 1.67. The third-order valence-electron chi connectivity index (χ3n) is 4.48. The van der Waals surface area contributed by atoms with Crippen molar-refractivity contribution in [3.63, 3.8) is 0 Å². The Morgan fingerprint density at radius 3 is 2.46 bits per heavy atom. The molecule has 2 heterocycles. The Kier molecular flexibility index (Phi) is 5.83. The minimum absolute atomic E-state index is 0.145. The highest BCUT2D eigenvalue weighted by Gasteiger charge is 2.19. The van der Waals surface area contributed by atoms with Crippen LogP contribution in [0.1, 0.15) is 24.3 Å². The number of hydrogen-bond donors (Lipinski definition) is 1. The summed E-state index contributed by atoms with van der Waals surface area (Å²) in [4.78, 5) is 26.4. The normalized spacial score (nSPS) is 15.3. The van der Waals surface area contributed by atoms with Crippen LogP contribution >= 0.6 is 0 Å². The van der Waals surface area contributed by atoms with Gasteiger partial charge >= 0.3 is 0 Å². The fourth-order valence-electron chi connectivity index (χ4n) is 2.85. The highest BCUT2D eigenvalue weighted by molar-refractivity contribution is 5.93. The van der Waals surface area contributed by atoms with Crippen LogP contribution in [-0.2, 0) is 0 Å². The number of benzene rings is 1. The van der Waals surface area contributed by atoms with Crippen LogP contribution in [0.3, 0.4) is 0 Å². The van der Waals surface area contributed by atoms with Gasteiger partial charge < -0.3 is 15.1 Å². The van der Waals surface area contributed by atoms with Gasteiger partial charge in [0.2, 0.25) is 0 Å². The van der Waals surface area contributed by atoms with Gasteiger partial charge in [-0.1, -0.05) is 44.2 Å². The van der Waals surface area contributed by atoms with Crippen LogP contribution in [0.4, 0.5) is 5.82 Å². The van der Waals surface area contributed by atoms with Crippen molar-refractivity contribution in [1.82, 2.24) is 20.2 Å². The number of rotatable bonds is 5. The van der Waals surface area contributed by atoms with E-state index in [1.807, 2.05) is 36.4 Å². The van der Waals surface area contributed by atoms with Gasteiger partial charge in [0.05, 0.1) is 0 Å². The Balaban J connectivity index is 1.93. The Bertz CT molecular complexity index is 739. The lowest BCUT2D eigenvalue weighted by Gasteiger charge is -2.33. The van der Waals surface area contributed by atoms with Crippen molar-refractivity contribution in [3.8, 4) is 11.4 Å². The van der Waals surface area contributed by atoms with Crippen LogP contribution in [-0.4, -0.2) is 60.5 Å². The molecule has 6 heteroatoms. The van der Waals surface area contributed by atoms with Crippen LogP contribution in [0, 0.1) is 5.92 Å². The molecule has 3 rings (SSSR count). The van der Waals surface area contributed by atoms with Gasteiger partial charge in [-0.15, -0.1) is 0 Å². The molecule has 1 amide bonds. The van der Waals surface area contributed by atoms with Gasteiger partial charge in [0.15, 0.2) is 5.82 Å². The first kappa shape index (κ1) is 18.3. The van der Waals surface area contributed by atoms with Gasteiger partial charge in [-0.25, -0.2) is 9.97 Å². The second-order valence-corrected chi connectivity index (χ2v) is 7.20. The van der Waals surface area contributed by atoms with Crippen LogP contribution in [0.25, 0.3) is 11.4 Å². The van der Waals surface area contributed by atoms with Crippen molar-refractivity contribution >= 4 is 11.7 Å². The van der Waals surface area contributed by atoms with Gasteiger partial charge in [-0.05, 0) is 13.0 Å². The number of nitrogens with zero attached hydrogens (tertiary/aromatic N) is 4. The molecule has 1 aromatic carbocycles. The quantitative estimate of drug-likeness (QED) is 0.894. The van der Waals surface area contributed by atoms with Gasteiger partial charge in [0.1, 0.15) is 11.5 Å². The highest BCUT2D eigenvalue weighted by Crippen LogP contribution is 2.21. The maximum absolute atomic E-state index is 12.6. The van der Waals surface area contributed by atoms with E-state index in [0.29, 0.717) is 24.0 Å². The van der Waals surface area contributed by atoms with E-state index in [2.05, 4.69) is 41.0 Å². The lowest BCUT2D eigenvalue weighted by Crippen LogP contribution is -2.45. The number of likely N-dealkylation sites (N-methyl/N-ethyl adjacent to an activating group) is 1. The third kappa shape index (κ3) is 4.58. The predicted molar refractivity (Wildman–Crippen MR) is 104 cm³/mol. The number of anilines is 1. The largest absolute Gasteiger partial charge is 0.354 e. The zero-order valence-electron chi connectivity index (χ0n) is 15.8. The fraction of sp³-hybridized carbons (Fsp3) is 0.450. The molecule has 0 saturated carbocycles. The summed E-state index contributed by atoms with van der Waals surface area (Å²) in [5, 5.41) is 2.96. The molecule has 2 aromatic rings. The van der Waals surface area contributed by atoms with Gasteiger partial charge in [-0.3, -0.25) is 4.79 Å². The zero-order valence-corrected chi connectivity index (χ0v) is 15.8. The molecule has 0 unspecified atom stereocenters. The number of amides is 1. The smallest absolute Gasteiger partial charge is 0.270 e. The van der Waals surface area contributed by atoms with Crippen molar-refractivity contribution in [3.05, 3.63) is 42.1 Å². The average Bonchev–Trinajstić information content (AvgIpc) is 2.67. The molecule has 0 radical (unpaired) electrons. The highest BCUT2D eigenvalue weighted by atomic mass is 16.1. The maximum Gasteiger partial charge on any atom is 0.270 e. The van der Waals surface area contributed by atoms with E-state index in [1.165, 1.54) is 0 Å². The first-order chi connectivity index (χ1) is 12.5. The fourth-order valence-corrected chi connectivity index (χ4v) is 2.85. The average molecular weight is 353 g/mol. The molecule has 0 spiro atoms. The monoisotopic (exact) mass is 353 g/mol. The first-order valence-electron chi connectivity index (χ1n) is 9.19. The number of nitrogens with one attached hydrogen (secondary N) is 1. The maximum atomic E-state index is 12.6. The second-order valence-electron chi connectivity index (χ2n) is 7.20. The molecule has 1 aliphatic rings. The van der Waals surface area contributed by atoms with Crippen molar-refractivity contribution in [2.75, 3.05) is 44.7 Å². The number of aromatic nitrogens is 2. The summed E-state index contributed by atoms with van der Waals surface area (Å²) >= 11 is 0. The van der Waals surface area contributed by atoms with E-state index in [4.69, 9.17) is 4.98 Å². The summed E-state index contributed by atoms with van der Waals surface area (Å²) in [7, 11) is 2.12. The molecule has 0 atom stereocenters. The molecule has 1 aliphatic heterocycles. The minimum Gasteiger partial charge on any atom is -0.354 e. The van der Waals surface area contributed by atoms with Gasteiger partial charge in [0.25, 0.3) is 5.91 Å². The van der Waals surface area contributed by atoms with Crippen LogP contribution in [0.15, 0.2) is 36.4 Å².